The van der Waals surface area contributed by atoms with Crippen LogP contribution in [0.1, 0.15) is 42.6 Å². The minimum Gasteiger partial charge on any atom is -0.480 e. The fraction of sp³-hybridized carbons (Fsp3) is 0.550. The van der Waals surface area contributed by atoms with Crippen LogP contribution < -0.4 is 0 Å². The van der Waals surface area contributed by atoms with Crippen molar-refractivity contribution in [3.8, 4) is 0 Å². The Labute approximate surface area is 158 Å². The zero-order valence-corrected chi connectivity index (χ0v) is 16.0. The summed E-state index contributed by atoms with van der Waals surface area (Å²) < 4.78 is 5.91. The van der Waals surface area contributed by atoms with E-state index in [0.29, 0.717) is 31.5 Å². The zero-order chi connectivity index (χ0) is 19.8. The van der Waals surface area contributed by atoms with Gasteiger partial charge in [-0.15, -0.1) is 0 Å². The Morgan fingerprint density at radius 3 is 2.26 bits per heavy atom. The van der Waals surface area contributed by atoms with Crippen molar-refractivity contribution >= 4 is 17.8 Å². The van der Waals surface area contributed by atoms with Crippen molar-refractivity contribution in [1.82, 2.24) is 9.80 Å². The molecule has 2 heterocycles. The van der Waals surface area contributed by atoms with Crippen LogP contribution >= 0.6 is 0 Å². The number of nitrogens with zero attached hydrogens (tertiary/aromatic N) is 2. The molecular formula is C20H26N2O5. The number of aryl methyl sites for hydroxylation is 1. The summed E-state index contributed by atoms with van der Waals surface area (Å²) >= 11 is 0. The molecule has 1 atom stereocenters. The van der Waals surface area contributed by atoms with Gasteiger partial charge in [-0.25, -0.2) is 4.79 Å². The number of likely N-dealkylation sites (tertiary alicyclic amines) is 1. The molecule has 2 aliphatic rings. The summed E-state index contributed by atoms with van der Waals surface area (Å²) in [6, 6.07) is 6.05. The van der Waals surface area contributed by atoms with E-state index in [0.717, 1.165) is 5.56 Å². The summed E-state index contributed by atoms with van der Waals surface area (Å²) in [5.74, 6) is -1.45. The normalized spacial score (nSPS) is 21.7. The fourth-order valence-corrected chi connectivity index (χ4v) is 3.83. The molecule has 146 valence electrons. The molecule has 2 amide bonds. The molecule has 0 saturated carbocycles. The first-order valence-electron chi connectivity index (χ1n) is 9.31. The number of carbonyl (C=O) groups excluding carboxylic acids is 2. The van der Waals surface area contributed by atoms with Gasteiger partial charge in [-0.2, -0.15) is 0 Å². The summed E-state index contributed by atoms with van der Waals surface area (Å²) in [7, 11) is 0. The van der Waals surface area contributed by atoms with Gasteiger partial charge in [0.25, 0.3) is 5.91 Å². The molecule has 0 bridgehead atoms. The van der Waals surface area contributed by atoms with Gasteiger partial charge in [0.15, 0.2) is 6.04 Å². The molecule has 1 spiro atoms. The molecule has 27 heavy (non-hydrogen) atoms. The molecule has 2 saturated heterocycles. The number of carboxylic acid groups (broad SMARTS) is 1. The highest BCUT2D eigenvalue weighted by Gasteiger charge is 2.54. The number of piperidine rings is 1. The highest BCUT2D eigenvalue weighted by molar-refractivity contribution is 5.97. The number of hydrogen-bond donors (Lipinski definition) is 1. The van der Waals surface area contributed by atoms with Gasteiger partial charge >= 0.3 is 5.97 Å². The van der Waals surface area contributed by atoms with Gasteiger partial charge in [-0.05, 0) is 19.1 Å². The molecule has 2 aliphatic heterocycles. The van der Waals surface area contributed by atoms with Gasteiger partial charge < -0.3 is 14.7 Å². The predicted octanol–water partition coefficient (Wildman–Crippen LogP) is 1.90. The van der Waals surface area contributed by atoms with Gasteiger partial charge in [-0.3, -0.25) is 14.5 Å². The summed E-state index contributed by atoms with van der Waals surface area (Å²) in [4.78, 5) is 40.3. The molecule has 0 radical (unpaired) electrons. The largest absolute Gasteiger partial charge is 0.480 e. The molecule has 1 N–H and O–H groups in total. The third-order valence-electron chi connectivity index (χ3n) is 5.41. The second kappa shape index (κ2) is 7.31. The molecule has 0 unspecified atom stereocenters. The van der Waals surface area contributed by atoms with Crippen molar-refractivity contribution in [3.05, 3.63) is 35.4 Å². The van der Waals surface area contributed by atoms with Crippen molar-refractivity contribution < 1.29 is 24.2 Å². The van der Waals surface area contributed by atoms with Gasteiger partial charge in [0.2, 0.25) is 5.91 Å². The highest BCUT2D eigenvalue weighted by atomic mass is 16.5. The zero-order valence-electron chi connectivity index (χ0n) is 16.0. The topological polar surface area (TPSA) is 87.2 Å². The average Bonchev–Trinajstić information content (AvgIpc) is 3.00. The predicted molar refractivity (Wildman–Crippen MR) is 98.1 cm³/mol. The third-order valence-corrected chi connectivity index (χ3v) is 5.41. The monoisotopic (exact) mass is 374 g/mol. The number of rotatable bonds is 3. The van der Waals surface area contributed by atoms with Crippen molar-refractivity contribution in [1.29, 1.82) is 0 Å². The lowest BCUT2D eigenvalue weighted by Gasteiger charge is -2.44. The molecule has 0 aromatic heterocycles. The standard InChI is InChI=1S/C20H26N2O5/c1-13(2)17(23)21-10-8-20(9-11-21)22(16(12-27-20)19(25)26)18(24)15-6-4-14(3)5-7-15/h4-7,13,16H,8-12H2,1-3H3,(H,25,26)/t16-/m1/s1. The van der Waals surface area contributed by atoms with Crippen molar-refractivity contribution in [2.75, 3.05) is 19.7 Å². The Morgan fingerprint density at radius 1 is 1.15 bits per heavy atom. The van der Waals surface area contributed by atoms with Gasteiger partial charge in [0.05, 0.1) is 6.61 Å². The minimum absolute atomic E-state index is 0.0366. The number of hydrogen-bond acceptors (Lipinski definition) is 4. The summed E-state index contributed by atoms with van der Waals surface area (Å²) in [6.45, 7) is 6.49. The molecule has 7 heteroatoms. The van der Waals surface area contributed by atoms with E-state index in [1.165, 1.54) is 4.90 Å². The van der Waals surface area contributed by atoms with Crippen LogP contribution in [0, 0.1) is 12.8 Å². The quantitative estimate of drug-likeness (QED) is 0.873. The van der Waals surface area contributed by atoms with E-state index < -0.39 is 17.7 Å². The number of amides is 2. The van der Waals surface area contributed by atoms with E-state index in [9.17, 15) is 19.5 Å². The Balaban J connectivity index is 1.86. The maximum Gasteiger partial charge on any atom is 0.328 e. The van der Waals surface area contributed by atoms with Crippen molar-refractivity contribution in [3.63, 3.8) is 0 Å². The van der Waals surface area contributed by atoms with Crippen LogP contribution in [0.2, 0.25) is 0 Å². The lowest BCUT2D eigenvalue weighted by Crippen LogP contribution is -2.59. The number of carboxylic acids is 1. The molecule has 2 fully saturated rings. The lowest BCUT2D eigenvalue weighted by atomic mass is 9.95. The van der Waals surface area contributed by atoms with Crippen LogP contribution in [-0.2, 0) is 14.3 Å². The Hall–Kier alpha value is -2.41. The van der Waals surface area contributed by atoms with Crippen LogP contribution in [0.25, 0.3) is 0 Å². The van der Waals surface area contributed by atoms with E-state index in [1.54, 1.807) is 17.0 Å². The molecule has 0 aliphatic carbocycles. The second-order valence-corrected chi connectivity index (χ2v) is 7.63. The first-order chi connectivity index (χ1) is 12.7. The van der Waals surface area contributed by atoms with Crippen LogP contribution in [0.5, 0.6) is 0 Å². The van der Waals surface area contributed by atoms with Gasteiger partial charge in [-0.1, -0.05) is 31.5 Å². The lowest BCUT2D eigenvalue weighted by molar-refractivity contribution is -0.149. The SMILES string of the molecule is Cc1ccc(C(=O)N2[C@@H](C(=O)O)COC23CCN(C(=O)C(C)C)CC3)cc1. The van der Waals surface area contributed by atoms with E-state index in [4.69, 9.17) is 4.74 Å². The maximum absolute atomic E-state index is 13.2. The molecule has 7 nitrogen and oxygen atoms in total. The number of ether oxygens (including phenoxy) is 1. The molecule has 1 aromatic carbocycles. The minimum atomic E-state index is -1.08. The Kier molecular flexibility index (Phi) is 5.24. The maximum atomic E-state index is 13.2. The van der Waals surface area contributed by atoms with Gasteiger partial charge in [0, 0.05) is 37.4 Å². The fourth-order valence-electron chi connectivity index (χ4n) is 3.83. The number of carbonyl (C=O) groups is 3. The van der Waals surface area contributed by atoms with E-state index in [2.05, 4.69) is 0 Å². The average molecular weight is 374 g/mol. The molecule has 1 aromatic rings. The summed E-state index contributed by atoms with van der Waals surface area (Å²) in [5, 5.41) is 9.61. The highest BCUT2D eigenvalue weighted by Crippen LogP contribution is 2.38. The van der Waals surface area contributed by atoms with Crippen molar-refractivity contribution in [2.24, 2.45) is 5.92 Å². The van der Waals surface area contributed by atoms with E-state index >= 15 is 0 Å². The van der Waals surface area contributed by atoms with E-state index in [-0.39, 0.29) is 24.3 Å². The third kappa shape index (κ3) is 3.56. The van der Waals surface area contributed by atoms with E-state index in [1.807, 2.05) is 32.9 Å². The molecule has 3 rings (SSSR count). The number of benzene rings is 1. The number of aliphatic carboxylic acids is 1. The van der Waals surface area contributed by atoms with Crippen LogP contribution in [0.3, 0.4) is 0 Å². The first kappa shape index (κ1) is 19.4. The smallest absolute Gasteiger partial charge is 0.328 e. The van der Waals surface area contributed by atoms with Crippen LogP contribution in [0.4, 0.5) is 0 Å². The van der Waals surface area contributed by atoms with Crippen molar-refractivity contribution in [2.45, 2.75) is 45.4 Å². The second-order valence-electron chi connectivity index (χ2n) is 7.63. The summed E-state index contributed by atoms with van der Waals surface area (Å²) in [5.41, 5.74) is 0.491. The Morgan fingerprint density at radius 2 is 1.74 bits per heavy atom. The van der Waals surface area contributed by atoms with Crippen LogP contribution in [-0.4, -0.2) is 64.2 Å². The summed E-state index contributed by atoms with van der Waals surface area (Å²) in [6.07, 6.45) is 0.819. The Bertz CT molecular complexity index is 735. The van der Waals surface area contributed by atoms with Crippen LogP contribution in [0.15, 0.2) is 24.3 Å². The first-order valence-corrected chi connectivity index (χ1v) is 9.31. The molecular weight excluding hydrogens is 348 g/mol. The van der Waals surface area contributed by atoms with Gasteiger partial charge in [0.1, 0.15) is 5.72 Å².